The fraction of sp³-hybridized carbons (Fsp3) is 0.200. The molecule has 21 heavy (non-hydrogen) atoms. The second-order valence-electron chi connectivity index (χ2n) is 4.63. The fourth-order valence-electron chi connectivity index (χ4n) is 2.11. The van der Waals surface area contributed by atoms with E-state index in [0.29, 0.717) is 10.0 Å². The summed E-state index contributed by atoms with van der Waals surface area (Å²) in [4.78, 5) is 0. The molecule has 0 amide bonds. The van der Waals surface area contributed by atoms with Gasteiger partial charge in [-0.2, -0.15) is 13.2 Å². The van der Waals surface area contributed by atoms with Crippen molar-refractivity contribution in [2.24, 2.45) is 5.73 Å². The van der Waals surface area contributed by atoms with Crippen molar-refractivity contribution in [3.05, 3.63) is 69.4 Å². The molecule has 0 heterocycles. The van der Waals surface area contributed by atoms with Gasteiger partial charge in [0.1, 0.15) is 5.82 Å². The summed E-state index contributed by atoms with van der Waals surface area (Å²) in [5.74, 6) is -0.473. The molecule has 112 valence electrons. The Labute approximate surface area is 127 Å². The van der Waals surface area contributed by atoms with E-state index < -0.39 is 23.6 Å². The third-order valence-electron chi connectivity index (χ3n) is 3.12. The van der Waals surface area contributed by atoms with Gasteiger partial charge in [0, 0.05) is 10.5 Å². The van der Waals surface area contributed by atoms with E-state index in [4.69, 9.17) is 5.73 Å². The van der Waals surface area contributed by atoms with Crippen molar-refractivity contribution in [2.75, 3.05) is 0 Å². The van der Waals surface area contributed by atoms with Crippen LogP contribution < -0.4 is 5.73 Å². The van der Waals surface area contributed by atoms with Crippen molar-refractivity contribution in [3.8, 4) is 0 Å². The Kier molecular flexibility index (Phi) is 4.68. The van der Waals surface area contributed by atoms with Gasteiger partial charge < -0.3 is 5.73 Å². The van der Waals surface area contributed by atoms with Gasteiger partial charge in [0.25, 0.3) is 0 Å². The highest BCUT2D eigenvalue weighted by molar-refractivity contribution is 9.10. The minimum atomic E-state index is -4.51. The summed E-state index contributed by atoms with van der Waals surface area (Å²) >= 11 is 3.02. The molecule has 0 aliphatic heterocycles. The van der Waals surface area contributed by atoms with Gasteiger partial charge in [0.05, 0.1) is 5.56 Å². The topological polar surface area (TPSA) is 26.0 Å². The molecule has 2 aromatic rings. The Bertz CT molecular complexity index is 640. The zero-order valence-electron chi connectivity index (χ0n) is 10.8. The molecule has 0 aromatic heterocycles. The summed E-state index contributed by atoms with van der Waals surface area (Å²) in [6.07, 6.45) is -4.51. The quantitative estimate of drug-likeness (QED) is 0.777. The first-order valence-electron chi connectivity index (χ1n) is 6.14. The van der Waals surface area contributed by atoms with Crippen LogP contribution >= 0.6 is 15.9 Å². The fourth-order valence-corrected chi connectivity index (χ4v) is 2.47. The molecule has 2 aromatic carbocycles. The molecule has 1 nitrogen and oxygen atoms in total. The first kappa shape index (κ1) is 16.0. The number of nitrogens with two attached hydrogens (primary N) is 1. The molecule has 0 spiro atoms. The average molecular weight is 362 g/mol. The minimum absolute atomic E-state index is 0.00259. The molecule has 0 fully saturated rings. The Balaban J connectivity index is 2.36. The van der Waals surface area contributed by atoms with Gasteiger partial charge in [0.15, 0.2) is 0 Å². The lowest BCUT2D eigenvalue weighted by atomic mass is 9.95. The van der Waals surface area contributed by atoms with Gasteiger partial charge in [-0.05, 0) is 35.7 Å². The summed E-state index contributed by atoms with van der Waals surface area (Å²) in [5.41, 5.74) is 5.30. The maximum absolute atomic E-state index is 13.6. The molecule has 0 aliphatic rings. The van der Waals surface area contributed by atoms with Crippen LogP contribution in [0, 0.1) is 5.82 Å². The van der Waals surface area contributed by atoms with Gasteiger partial charge in [-0.1, -0.05) is 40.2 Å². The Morgan fingerprint density at radius 3 is 2.38 bits per heavy atom. The van der Waals surface area contributed by atoms with E-state index in [2.05, 4.69) is 15.9 Å². The van der Waals surface area contributed by atoms with Crippen molar-refractivity contribution >= 4 is 15.9 Å². The molecule has 2 N–H and O–H groups in total. The van der Waals surface area contributed by atoms with Crippen molar-refractivity contribution in [2.45, 2.75) is 18.6 Å². The zero-order valence-corrected chi connectivity index (χ0v) is 12.4. The average Bonchev–Trinajstić information content (AvgIpc) is 2.40. The SMILES string of the molecule is NC(Cc1ccccc1F)c1ccc(Br)cc1C(F)(F)F. The number of halogens is 5. The lowest BCUT2D eigenvalue weighted by Crippen LogP contribution is -2.19. The lowest BCUT2D eigenvalue weighted by molar-refractivity contribution is -0.138. The summed E-state index contributed by atoms with van der Waals surface area (Å²) in [6.45, 7) is 0. The normalized spacial score (nSPS) is 13.2. The van der Waals surface area contributed by atoms with E-state index in [1.54, 1.807) is 6.07 Å². The van der Waals surface area contributed by atoms with Crippen LogP contribution in [-0.4, -0.2) is 0 Å². The molecule has 1 atom stereocenters. The Hall–Kier alpha value is -1.40. The van der Waals surface area contributed by atoms with Crippen LogP contribution in [0.15, 0.2) is 46.9 Å². The van der Waals surface area contributed by atoms with E-state index in [-0.39, 0.29) is 12.0 Å². The monoisotopic (exact) mass is 361 g/mol. The molecular formula is C15H12BrF4N. The maximum Gasteiger partial charge on any atom is 0.416 e. The predicted molar refractivity (Wildman–Crippen MR) is 76.2 cm³/mol. The van der Waals surface area contributed by atoms with E-state index in [9.17, 15) is 17.6 Å². The maximum atomic E-state index is 13.6. The highest BCUT2D eigenvalue weighted by Crippen LogP contribution is 2.36. The third kappa shape index (κ3) is 3.83. The Morgan fingerprint density at radius 2 is 1.76 bits per heavy atom. The van der Waals surface area contributed by atoms with E-state index in [1.807, 2.05) is 0 Å². The molecule has 0 bridgehead atoms. The van der Waals surface area contributed by atoms with Crippen LogP contribution in [0.25, 0.3) is 0 Å². The summed E-state index contributed by atoms with van der Waals surface area (Å²) < 4.78 is 53.1. The summed E-state index contributed by atoms with van der Waals surface area (Å²) in [7, 11) is 0. The second-order valence-corrected chi connectivity index (χ2v) is 5.55. The van der Waals surface area contributed by atoms with Crippen molar-refractivity contribution in [3.63, 3.8) is 0 Å². The van der Waals surface area contributed by atoms with Crippen LogP contribution in [0.1, 0.15) is 22.7 Å². The number of hydrogen-bond donors (Lipinski definition) is 1. The predicted octanol–water partition coefficient (Wildman–Crippen LogP) is 4.85. The highest BCUT2D eigenvalue weighted by Gasteiger charge is 2.34. The standard InChI is InChI=1S/C15H12BrF4N/c16-10-5-6-11(12(8-10)15(18,19)20)14(21)7-9-3-1-2-4-13(9)17/h1-6,8,14H,7,21H2. The van der Waals surface area contributed by atoms with Crippen molar-refractivity contribution in [1.82, 2.24) is 0 Å². The van der Waals surface area contributed by atoms with Gasteiger partial charge in [-0.25, -0.2) is 4.39 Å². The number of hydrogen-bond acceptors (Lipinski definition) is 1. The smallest absolute Gasteiger partial charge is 0.324 e. The molecular weight excluding hydrogens is 350 g/mol. The van der Waals surface area contributed by atoms with Gasteiger partial charge in [0.2, 0.25) is 0 Å². The van der Waals surface area contributed by atoms with Crippen molar-refractivity contribution in [1.29, 1.82) is 0 Å². The van der Waals surface area contributed by atoms with Gasteiger partial charge >= 0.3 is 6.18 Å². The molecule has 0 saturated heterocycles. The summed E-state index contributed by atoms with van der Waals surface area (Å²) in [6, 6.07) is 8.77. The van der Waals surface area contributed by atoms with E-state index in [1.165, 1.54) is 30.3 Å². The molecule has 6 heteroatoms. The highest BCUT2D eigenvalue weighted by atomic mass is 79.9. The zero-order chi connectivity index (χ0) is 15.6. The number of rotatable bonds is 3. The molecule has 0 saturated carbocycles. The summed E-state index contributed by atoms with van der Waals surface area (Å²) in [5, 5.41) is 0. The van der Waals surface area contributed by atoms with Crippen molar-refractivity contribution < 1.29 is 17.6 Å². The minimum Gasteiger partial charge on any atom is -0.324 e. The molecule has 0 radical (unpaired) electrons. The Morgan fingerprint density at radius 1 is 1.10 bits per heavy atom. The van der Waals surface area contributed by atoms with Gasteiger partial charge in [-0.3, -0.25) is 0 Å². The van der Waals surface area contributed by atoms with Crippen LogP contribution in [0.5, 0.6) is 0 Å². The molecule has 0 aliphatic carbocycles. The third-order valence-corrected chi connectivity index (χ3v) is 3.61. The van der Waals surface area contributed by atoms with Crippen LogP contribution in [0.4, 0.5) is 17.6 Å². The van der Waals surface area contributed by atoms with Crippen LogP contribution in [0.2, 0.25) is 0 Å². The van der Waals surface area contributed by atoms with Crippen LogP contribution in [0.3, 0.4) is 0 Å². The first-order valence-corrected chi connectivity index (χ1v) is 6.94. The molecule has 1 unspecified atom stereocenters. The van der Waals surface area contributed by atoms with E-state index in [0.717, 1.165) is 6.07 Å². The molecule has 2 rings (SSSR count). The van der Waals surface area contributed by atoms with Gasteiger partial charge in [-0.15, -0.1) is 0 Å². The first-order chi connectivity index (χ1) is 9.79. The van der Waals surface area contributed by atoms with Crippen LogP contribution in [-0.2, 0) is 12.6 Å². The second kappa shape index (κ2) is 6.15. The lowest BCUT2D eigenvalue weighted by Gasteiger charge is -2.19. The van der Waals surface area contributed by atoms with E-state index >= 15 is 0 Å². The number of alkyl halides is 3. The number of benzene rings is 2. The largest absolute Gasteiger partial charge is 0.416 e.